The fourth-order valence-electron chi connectivity index (χ4n) is 1.31. The first kappa shape index (κ1) is 12.6. The van der Waals surface area contributed by atoms with Gasteiger partial charge in [-0.1, -0.05) is 0 Å². The normalized spacial score (nSPS) is 9.95. The fourth-order valence-corrected chi connectivity index (χ4v) is 1.31. The predicted molar refractivity (Wildman–Crippen MR) is 65.9 cm³/mol. The summed E-state index contributed by atoms with van der Waals surface area (Å²) in [6.45, 7) is 0.246. The molecule has 0 aliphatic heterocycles. The van der Waals surface area contributed by atoms with Crippen LogP contribution in [0.3, 0.4) is 0 Å². The van der Waals surface area contributed by atoms with Crippen molar-refractivity contribution in [1.82, 2.24) is 20.2 Å². The van der Waals surface area contributed by atoms with Crippen LogP contribution in [0.5, 0.6) is 0 Å². The second-order valence-electron chi connectivity index (χ2n) is 3.40. The number of hydrogen-bond acceptors (Lipinski definition) is 9. The summed E-state index contributed by atoms with van der Waals surface area (Å²) in [7, 11) is 0. The van der Waals surface area contributed by atoms with Gasteiger partial charge in [-0.25, -0.2) is 10.8 Å². The fraction of sp³-hybridized carbons (Fsp3) is 0.111. The van der Waals surface area contributed by atoms with Gasteiger partial charge >= 0.3 is 5.69 Å². The number of rotatable bonds is 5. The number of hydrogen-bond donors (Lipinski definition) is 3. The molecule has 10 heteroatoms. The summed E-state index contributed by atoms with van der Waals surface area (Å²) in [5, 5.41) is 21.2. The van der Waals surface area contributed by atoms with Gasteiger partial charge in [0, 0.05) is 6.20 Å². The van der Waals surface area contributed by atoms with E-state index in [4.69, 9.17) is 5.84 Å². The summed E-state index contributed by atoms with van der Waals surface area (Å²) in [6.07, 6.45) is 2.61. The van der Waals surface area contributed by atoms with Crippen LogP contribution in [0.15, 0.2) is 24.5 Å². The lowest BCUT2D eigenvalue weighted by Gasteiger charge is -2.06. The van der Waals surface area contributed by atoms with Crippen LogP contribution in [0.4, 0.5) is 17.5 Å². The highest BCUT2D eigenvalue weighted by Crippen LogP contribution is 2.21. The molecule has 0 fully saturated rings. The number of anilines is 2. The van der Waals surface area contributed by atoms with E-state index in [9.17, 15) is 10.1 Å². The molecule has 0 aliphatic rings. The molecule has 4 N–H and O–H groups in total. The third kappa shape index (κ3) is 3.07. The Morgan fingerprint density at radius 1 is 1.47 bits per heavy atom. The molecule has 0 amide bonds. The number of nitrogens with two attached hydrogens (primary N) is 1. The minimum Gasteiger partial charge on any atom is -0.358 e. The van der Waals surface area contributed by atoms with Crippen molar-refractivity contribution in [3.63, 3.8) is 0 Å². The molecule has 19 heavy (non-hydrogen) atoms. The average molecular weight is 262 g/mol. The Hall–Kier alpha value is -2.88. The Kier molecular flexibility index (Phi) is 3.73. The van der Waals surface area contributed by atoms with Crippen LogP contribution in [0.25, 0.3) is 0 Å². The van der Waals surface area contributed by atoms with Gasteiger partial charge in [0.1, 0.15) is 6.20 Å². The molecule has 2 aromatic rings. The summed E-state index contributed by atoms with van der Waals surface area (Å²) in [4.78, 5) is 17.8. The molecule has 98 valence electrons. The molecule has 0 aromatic carbocycles. The van der Waals surface area contributed by atoms with Gasteiger partial charge in [0.25, 0.3) is 0 Å². The molecule has 2 aromatic heterocycles. The molecule has 0 aliphatic carbocycles. The summed E-state index contributed by atoms with van der Waals surface area (Å²) in [6, 6.07) is 3.44. The first-order valence-electron chi connectivity index (χ1n) is 5.19. The molecule has 0 saturated heterocycles. The van der Waals surface area contributed by atoms with Crippen molar-refractivity contribution in [2.45, 2.75) is 6.54 Å². The minimum atomic E-state index is -0.584. The second-order valence-corrected chi connectivity index (χ2v) is 3.40. The lowest BCUT2D eigenvalue weighted by atomic mass is 10.4. The van der Waals surface area contributed by atoms with Gasteiger partial charge in [-0.05, 0) is 12.1 Å². The van der Waals surface area contributed by atoms with E-state index in [0.717, 1.165) is 6.20 Å². The van der Waals surface area contributed by atoms with Gasteiger partial charge in [0.05, 0.1) is 17.2 Å². The van der Waals surface area contributed by atoms with Crippen molar-refractivity contribution >= 4 is 17.5 Å². The van der Waals surface area contributed by atoms with Crippen molar-refractivity contribution in [2.75, 3.05) is 10.7 Å². The van der Waals surface area contributed by atoms with Gasteiger partial charge in [-0.3, -0.25) is 15.5 Å². The summed E-state index contributed by atoms with van der Waals surface area (Å²) in [5.41, 5.74) is 2.59. The van der Waals surface area contributed by atoms with Crippen LogP contribution >= 0.6 is 0 Å². The zero-order valence-corrected chi connectivity index (χ0v) is 9.65. The van der Waals surface area contributed by atoms with Crippen LogP contribution in [0.1, 0.15) is 5.69 Å². The van der Waals surface area contributed by atoms with Crippen molar-refractivity contribution in [3.05, 3.63) is 40.3 Å². The standard InChI is InChI=1S/C9H10N8O2/c10-15-9-12-5-7(17(18)19)8(14-9)11-4-6-2-1-3-13-16-6/h1-3,5H,4,10H2,(H2,11,12,14,15). The summed E-state index contributed by atoms with van der Waals surface area (Å²) >= 11 is 0. The minimum absolute atomic E-state index is 0.0543. The van der Waals surface area contributed by atoms with Crippen LogP contribution in [0, 0.1) is 10.1 Å². The quantitative estimate of drug-likeness (QED) is 0.387. The van der Waals surface area contributed by atoms with Crippen molar-refractivity contribution in [1.29, 1.82) is 0 Å². The summed E-state index contributed by atoms with van der Waals surface area (Å²) in [5.74, 6) is 5.29. The number of hydrazine groups is 1. The topological polar surface area (TPSA) is 145 Å². The number of aromatic nitrogens is 4. The van der Waals surface area contributed by atoms with E-state index < -0.39 is 4.92 Å². The number of nitrogens with one attached hydrogen (secondary N) is 2. The Morgan fingerprint density at radius 2 is 2.32 bits per heavy atom. The lowest BCUT2D eigenvalue weighted by Crippen LogP contribution is -2.13. The first-order chi connectivity index (χ1) is 9.20. The second kappa shape index (κ2) is 5.64. The molecule has 0 spiro atoms. The van der Waals surface area contributed by atoms with Crippen molar-refractivity contribution < 1.29 is 4.92 Å². The van der Waals surface area contributed by atoms with Crippen LogP contribution in [-0.2, 0) is 6.54 Å². The Labute approximate surface area is 107 Å². The molecule has 2 rings (SSSR count). The highest BCUT2D eigenvalue weighted by Gasteiger charge is 2.16. The number of nitrogen functional groups attached to an aromatic ring is 1. The molecule has 0 atom stereocenters. The van der Waals surface area contributed by atoms with Crippen LogP contribution < -0.4 is 16.6 Å². The van der Waals surface area contributed by atoms with Crippen molar-refractivity contribution in [2.24, 2.45) is 5.84 Å². The molecule has 2 heterocycles. The van der Waals surface area contributed by atoms with Gasteiger partial charge < -0.3 is 5.32 Å². The van der Waals surface area contributed by atoms with Gasteiger partial charge in [-0.15, -0.1) is 0 Å². The zero-order valence-electron chi connectivity index (χ0n) is 9.65. The van der Waals surface area contributed by atoms with E-state index in [0.29, 0.717) is 5.69 Å². The third-order valence-electron chi connectivity index (χ3n) is 2.16. The molecule has 0 bridgehead atoms. The largest absolute Gasteiger partial charge is 0.358 e. The highest BCUT2D eigenvalue weighted by molar-refractivity contribution is 5.56. The van der Waals surface area contributed by atoms with E-state index in [1.165, 1.54) is 6.20 Å². The monoisotopic (exact) mass is 262 g/mol. The lowest BCUT2D eigenvalue weighted by molar-refractivity contribution is -0.384. The van der Waals surface area contributed by atoms with E-state index in [2.05, 4.69) is 30.9 Å². The Bertz CT molecular complexity index is 576. The van der Waals surface area contributed by atoms with Gasteiger partial charge in [0.2, 0.25) is 11.8 Å². The zero-order chi connectivity index (χ0) is 13.7. The number of nitrogens with zero attached hydrogens (tertiary/aromatic N) is 5. The van der Waals surface area contributed by atoms with E-state index in [1.807, 2.05) is 0 Å². The van der Waals surface area contributed by atoms with Gasteiger partial charge in [0.15, 0.2) is 0 Å². The smallest absolute Gasteiger partial charge is 0.329 e. The predicted octanol–water partition coefficient (Wildman–Crippen LogP) is 0.0725. The highest BCUT2D eigenvalue weighted by atomic mass is 16.6. The molecule has 0 unspecified atom stereocenters. The van der Waals surface area contributed by atoms with Crippen LogP contribution in [-0.4, -0.2) is 25.1 Å². The Balaban J connectivity index is 2.20. The first-order valence-corrected chi connectivity index (χ1v) is 5.19. The van der Waals surface area contributed by atoms with E-state index >= 15 is 0 Å². The Morgan fingerprint density at radius 3 is 2.95 bits per heavy atom. The maximum atomic E-state index is 10.8. The average Bonchev–Trinajstić information content (AvgIpc) is 2.45. The third-order valence-corrected chi connectivity index (χ3v) is 2.16. The maximum Gasteiger partial charge on any atom is 0.329 e. The molecule has 10 nitrogen and oxygen atoms in total. The number of nitro groups is 1. The SMILES string of the molecule is NNc1ncc([N+](=O)[O-])c(NCc2cccnn2)n1. The van der Waals surface area contributed by atoms with E-state index in [1.54, 1.807) is 12.1 Å². The summed E-state index contributed by atoms with van der Waals surface area (Å²) < 4.78 is 0. The van der Waals surface area contributed by atoms with Gasteiger partial charge in [-0.2, -0.15) is 15.2 Å². The van der Waals surface area contributed by atoms with Crippen molar-refractivity contribution in [3.8, 4) is 0 Å². The molecular weight excluding hydrogens is 252 g/mol. The maximum absolute atomic E-state index is 10.8. The van der Waals surface area contributed by atoms with E-state index in [-0.39, 0.29) is 24.0 Å². The molecular formula is C9H10N8O2. The van der Waals surface area contributed by atoms with Crippen LogP contribution in [0.2, 0.25) is 0 Å². The molecule has 0 saturated carbocycles. The molecule has 0 radical (unpaired) electrons.